The molecule has 0 radical (unpaired) electrons. The molecule has 0 aliphatic heterocycles. The minimum Gasteiger partial charge on any atom is -0.496 e. The van der Waals surface area contributed by atoms with Crippen LogP contribution in [0.25, 0.3) is 0 Å². The Morgan fingerprint density at radius 2 is 1.67 bits per heavy atom. The summed E-state index contributed by atoms with van der Waals surface area (Å²) in [6.45, 7) is 6.74. The molecular formula is C30H34BrCl2N3O5S. The van der Waals surface area contributed by atoms with Gasteiger partial charge >= 0.3 is 0 Å². The van der Waals surface area contributed by atoms with Gasteiger partial charge in [0, 0.05) is 12.6 Å². The predicted octanol–water partition coefficient (Wildman–Crippen LogP) is 6.60. The van der Waals surface area contributed by atoms with Crippen molar-refractivity contribution in [3.8, 4) is 5.75 Å². The van der Waals surface area contributed by atoms with E-state index in [1.54, 1.807) is 49.4 Å². The van der Waals surface area contributed by atoms with Crippen molar-refractivity contribution in [2.75, 3.05) is 18.0 Å². The zero-order chi connectivity index (χ0) is 31.2. The smallest absolute Gasteiger partial charge is 0.264 e. The van der Waals surface area contributed by atoms with Crippen LogP contribution in [0.2, 0.25) is 10.0 Å². The normalized spacial score (nSPS) is 12.8. The van der Waals surface area contributed by atoms with E-state index in [1.165, 1.54) is 30.2 Å². The van der Waals surface area contributed by atoms with Gasteiger partial charge in [-0.1, -0.05) is 53.9 Å². The summed E-state index contributed by atoms with van der Waals surface area (Å²) in [5, 5.41) is 3.55. The van der Waals surface area contributed by atoms with Crippen LogP contribution >= 0.6 is 39.1 Å². The van der Waals surface area contributed by atoms with Gasteiger partial charge in [0.2, 0.25) is 11.8 Å². The van der Waals surface area contributed by atoms with Crippen LogP contribution in [0.1, 0.15) is 38.3 Å². The summed E-state index contributed by atoms with van der Waals surface area (Å²) < 4.78 is 34.8. The number of nitrogens with zero attached hydrogens (tertiary/aromatic N) is 2. The van der Waals surface area contributed by atoms with Crippen LogP contribution in [-0.4, -0.2) is 50.9 Å². The van der Waals surface area contributed by atoms with Gasteiger partial charge in [-0.25, -0.2) is 8.42 Å². The lowest BCUT2D eigenvalue weighted by Crippen LogP contribution is -2.52. The minimum atomic E-state index is -4.24. The highest BCUT2D eigenvalue weighted by molar-refractivity contribution is 9.10. The van der Waals surface area contributed by atoms with Crippen molar-refractivity contribution in [3.63, 3.8) is 0 Å². The molecule has 42 heavy (non-hydrogen) atoms. The maximum atomic E-state index is 14.0. The molecule has 3 aromatic carbocycles. The number of benzene rings is 3. The van der Waals surface area contributed by atoms with Gasteiger partial charge in [0.1, 0.15) is 18.3 Å². The number of sulfonamides is 1. The number of rotatable bonds is 12. The fourth-order valence-corrected chi connectivity index (χ4v) is 6.51. The van der Waals surface area contributed by atoms with Gasteiger partial charge in [-0.2, -0.15) is 0 Å². The number of hydrogen-bond acceptors (Lipinski definition) is 5. The molecule has 0 aliphatic carbocycles. The summed E-state index contributed by atoms with van der Waals surface area (Å²) >= 11 is 15.7. The molecule has 2 unspecified atom stereocenters. The Kier molecular flexibility index (Phi) is 11.7. The summed E-state index contributed by atoms with van der Waals surface area (Å²) in [4.78, 5) is 28.5. The summed E-state index contributed by atoms with van der Waals surface area (Å²) in [5.41, 5.74) is 1.85. The fourth-order valence-electron chi connectivity index (χ4n) is 4.06. The summed E-state index contributed by atoms with van der Waals surface area (Å²) in [6.07, 6.45) is 0.704. The molecule has 12 heteroatoms. The lowest BCUT2D eigenvalue weighted by Gasteiger charge is -2.32. The second kappa shape index (κ2) is 14.6. The predicted molar refractivity (Wildman–Crippen MR) is 171 cm³/mol. The Hall–Kier alpha value is -2.79. The summed E-state index contributed by atoms with van der Waals surface area (Å²) in [6, 6.07) is 15.1. The molecular weight excluding hydrogens is 665 g/mol. The topological polar surface area (TPSA) is 96.0 Å². The number of carbonyl (C=O) groups is 2. The van der Waals surface area contributed by atoms with Crippen molar-refractivity contribution < 1.29 is 22.7 Å². The average Bonchev–Trinajstić information content (AvgIpc) is 2.96. The zero-order valence-electron chi connectivity index (χ0n) is 24.0. The van der Waals surface area contributed by atoms with E-state index in [0.717, 1.165) is 9.87 Å². The molecule has 0 aliphatic rings. The first-order valence-electron chi connectivity index (χ1n) is 13.2. The molecule has 0 saturated carbocycles. The highest BCUT2D eigenvalue weighted by Gasteiger charge is 2.33. The van der Waals surface area contributed by atoms with Crippen LogP contribution in [0.4, 0.5) is 5.69 Å². The monoisotopic (exact) mass is 697 g/mol. The van der Waals surface area contributed by atoms with E-state index in [4.69, 9.17) is 27.9 Å². The van der Waals surface area contributed by atoms with Gasteiger partial charge in [-0.15, -0.1) is 0 Å². The van der Waals surface area contributed by atoms with Crippen molar-refractivity contribution >= 4 is 66.7 Å². The van der Waals surface area contributed by atoms with Gasteiger partial charge in [-0.3, -0.25) is 13.9 Å². The van der Waals surface area contributed by atoms with Gasteiger partial charge < -0.3 is 15.0 Å². The lowest BCUT2D eigenvalue weighted by atomic mass is 10.1. The van der Waals surface area contributed by atoms with E-state index in [1.807, 2.05) is 20.8 Å². The molecule has 226 valence electrons. The first-order chi connectivity index (χ1) is 19.8. The molecule has 1 N–H and O–H groups in total. The summed E-state index contributed by atoms with van der Waals surface area (Å²) in [5.74, 6) is -0.480. The average molecular weight is 699 g/mol. The van der Waals surface area contributed by atoms with Crippen molar-refractivity contribution in [1.29, 1.82) is 0 Å². The second-order valence-electron chi connectivity index (χ2n) is 9.91. The van der Waals surface area contributed by atoms with Gasteiger partial charge in [0.15, 0.2) is 0 Å². The van der Waals surface area contributed by atoms with Crippen LogP contribution in [0, 0.1) is 6.92 Å². The molecule has 3 rings (SSSR count). The van der Waals surface area contributed by atoms with Crippen LogP contribution in [0.15, 0.2) is 70.0 Å². The number of amides is 2. The number of anilines is 1. The first kappa shape index (κ1) is 33.7. The maximum absolute atomic E-state index is 14.0. The van der Waals surface area contributed by atoms with Crippen molar-refractivity contribution in [3.05, 3.63) is 86.3 Å². The molecule has 8 nitrogen and oxygen atoms in total. The van der Waals surface area contributed by atoms with Crippen molar-refractivity contribution in [2.24, 2.45) is 0 Å². The number of aryl methyl sites for hydroxylation is 1. The quantitative estimate of drug-likeness (QED) is 0.230. The fraction of sp³-hybridized carbons (Fsp3) is 0.333. The van der Waals surface area contributed by atoms with Crippen molar-refractivity contribution in [2.45, 2.75) is 57.6 Å². The third kappa shape index (κ3) is 8.18. The lowest BCUT2D eigenvalue weighted by molar-refractivity contribution is -0.139. The highest BCUT2D eigenvalue weighted by Crippen LogP contribution is 2.31. The molecule has 0 fully saturated rings. The molecule has 0 heterocycles. The standard InChI is InChI=1S/C30H34BrCl2N3O5S/c1-6-20(3)34-30(38)21(4)35(17-22-9-13-26(32)27(33)15-22)29(37)18-36(23-10-7-19(2)8-11-23)42(39,40)24-12-14-28(41-5)25(31)16-24/h7-16,20-21H,6,17-18H2,1-5H3,(H,34,38). The summed E-state index contributed by atoms with van der Waals surface area (Å²) in [7, 11) is -2.76. The Labute approximate surface area is 266 Å². The maximum Gasteiger partial charge on any atom is 0.264 e. The Morgan fingerprint density at radius 3 is 2.24 bits per heavy atom. The third-order valence-electron chi connectivity index (χ3n) is 6.82. The number of carbonyl (C=O) groups excluding carboxylic acids is 2. The molecule has 3 aromatic rings. The number of hydrogen-bond donors (Lipinski definition) is 1. The van der Waals surface area contributed by atoms with E-state index in [9.17, 15) is 18.0 Å². The van der Waals surface area contributed by atoms with E-state index >= 15 is 0 Å². The molecule has 2 atom stereocenters. The third-order valence-corrected chi connectivity index (χ3v) is 9.95. The van der Waals surface area contributed by atoms with Crippen LogP contribution in [0.5, 0.6) is 5.75 Å². The molecule has 2 amide bonds. The van der Waals surface area contributed by atoms with Gasteiger partial charge in [-0.05, 0) is 91.1 Å². The number of halogens is 3. The number of methoxy groups -OCH3 is 1. The Morgan fingerprint density at radius 1 is 1.00 bits per heavy atom. The minimum absolute atomic E-state index is 0.000679. The van der Waals surface area contributed by atoms with E-state index < -0.39 is 28.5 Å². The number of ether oxygens (including phenoxy) is 1. The largest absolute Gasteiger partial charge is 0.496 e. The molecule has 0 aromatic heterocycles. The Balaban J connectivity index is 2.06. The van der Waals surface area contributed by atoms with E-state index in [0.29, 0.717) is 37.9 Å². The van der Waals surface area contributed by atoms with Crippen LogP contribution < -0.4 is 14.4 Å². The highest BCUT2D eigenvalue weighted by atomic mass is 79.9. The molecule has 0 bridgehead atoms. The Bertz CT molecular complexity index is 1540. The molecule has 0 saturated heterocycles. The van der Waals surface area contributed by atoms with E-state index in [2.05, 4.69) is 21.2 Å². The second-order valence-corrected chi connectivity index (χ2v) is 13.4. The van der Waals surface area contributed by atoms with Crippen LogP contribution in [0.3, 0.4) is 0 Å². The SMILES string of the molecule is CCC(C)NC(=O)C(C)N(Cc1ccc(Cl)c(Cl)c1)C(=O)CN(c1ccc(C)cc1)S(=O)(=O)c1ccc(OC)c(Br)c1. The molecule has 0 spiro atoms. The van der Waals surface area contributed by atoms with E-state index in [-0.39, 0.29) is 23.4 Å². The number of nitrogens with one attached hydrogen (secondary N) is 1. The van der Waals surface area contributed by atoms with Crippen LogP contribution in [-0.2, 0) is 26.2 Å². The van der Waals surface area contributed by atoms with Gasteiger partial charge in [0.05, 0.1) is 32.2 Å². The first-order valence-corrected chi connectivity index (χ1v) is 16.2. The van der Waals surface area contributed by atoms with Crippen molar-refractivity contribution in [1.82, 2.24) is 10.2 Å². The zero-order valence-corrected chi connectivity index (χ0v) is 27.9. The van der Waals surface area contributed by atoms with Gasteiger partial charge in [0.25, 0.3) is 10.0 Å².